The summed E-state index contributed by atoms with van der Waals surface area (Å²) in [4.78, 5) is 16.5. The summed E-state index contributed by atoms with van der Waals surface area (Å²) in [6, 6.07) is 8.11. The number of rotatable bonds is 4. The average molecular weight is 332 g/mol. The Balaban J connectivity index is 1.81. The summed E-state index contributed by atoms with van der Waals surface area (Å²) in [5.41, 5.74) is 0.800. The number of alkyl halides is 3. The quantitative estimate of drug-likeness (QED) is 0.676. The molecule has 0 radical (unpaired) electrons. The van der Waals surface area contributed by atoms with E-state index in [1.807, 2.05) is 6.07 Å². The number of carbonyl (C=O) groups excluding carboxylic acids is 1. The number of β-amino-alcohol motifs (C(OH)–C–C–N with tert-alkyl or cyclic N) is 1. The summed E-state index contributed by atoms with van der Waals surface area (Å²) in [6.45, 7) is -0.0501. The molecule has 0 spiro atoms. The van der Waals surface area contributed by atoms with E-state index in [-0.39, 0.29) is 26.1 Å². The normalized spacial score (nSPS) is 21.7. The Morgan fingerprint density at radius 1 is 1.35 bits per heavy atom. The predicted molar refractivity (Wildman–Crippen MR) is 73.6 cm³/mol. The maximum absolute atomic E-state index is 11.9. The van der Waals surface area contributed by atoms with Crippen LogP contribution in [0, 0.1) is 0 Å². The van der Waals surface area contributed by atoms with E-state index in [4.69, 9.17) is 4.74 Å². The van der Waals surface area contributed by atoms with Gasteiger partial charge < -0.3 is 19.5 Å². The third-order valence-electron chi connectivity index (χ3n) is 3.16. The smallest absolute Gasteiger partial charge is 0.445 e. The highest BCUT2D eigenvalue weighted by Crippen LogP contribution is 2.17. The molecule has 2 rings (SSSR count). The van der Waals surface area contributed by atoms with E-state index < -0.39 is 24.6 Å². The highest BCUT2D eigenvalue weighted by Gasteiger charge is 2.35. The van der Waals surface area contributed by atoms with Crippen LogP contribution in [-0.4, -0.2) is 54.1 Å². The molecular formula is C14H15F3N2O4. The second-order valence-corrected chi connectivity index (χ2v) is 4.90. The zero-order valence-electron chi connectivity index (χ0n) is 11.9. The Morgan fingerprint density at radius 2 is 2.04 bits per heavy atom. The van der Waals surface area contributed by atoms with E-state index in [9.17, 15) is 23.1 Å². The topological polar surface area (TPSA) is 71.4 Å². The van der Waals surface area contributed by atoms with E-state index in [0.717, 1.165) is 5.56 Å². The van der Waals surface area contributed by atoms with Crippen LogP contribution in [0.4, 0.5) is 18.0 Å². The van der Waals surface area contributed by atoms with Crippen molar-refractivity contribution in [3.8, 4) is 0 Å². The lowest BCUT2D eigenvalue weighted by atomic mass is 10.2. The predicted octanol–water partition coefficient (Wildman–Crippen LogP) is 1.93. The summed E-state index contributed by atoms with van der Waals surface area (Å²) in [5, 5.41) is 9.72. The van der Waals surface area contributed by atoms with Crippen molar-refractivity contribution in [1.29, 1.82) is 0 Å². The van der Waals surface area contributed by atoms with Gasteiger partial charge in [0.05, 0.1) is 18.7 Å². The van der Waals surface area contributed by atoms with E-state index in [2.05, 4.69) is 9.73 Å². The summed E-state index contributed by atoms with van der Waals surface area (Å²) in [7, 11) is 0. The molecule has 0 bridgehead atoms. The molecule has 1 N–H and O–H groups in total. The van der Waals surface area contributed by atoms with Crippen molar-refractivity contribution in [1.82, 2.24) is 4.90 Å². The number of amides is 1. The molecule has 6 nitrogen and oxygen atoms in total. The molecule has 23 heavy (non-hydrogen) atoms. The molecule has 0 aliphatic carbocycles. The number of halogens is 3. The van der Waals surface area contributed by atoms with Gasteiger partial charge in [-0.05, 0) is 5.56 Å². The molecule has 126 valence electrons. The first kappa shape index (κ1) is 17.1. The minimum atomic E-state index is -4.83. The number of benzene rings is 1. The van der Waals surface area contributed by atoms with Crippen LogP contribution in [0.3, 0.4) is 0 Å². The third-order valence-corrected chi connectivity index (χ3v) is 3.16. The van der Waals surface area contributed by atoms with Gasteiger partial charge in [0.1, 0.15) is 6.61 Å². The van der Waals surface area contributed by atoms with Crippen molar-refractivity contribution in [3.63, 3.8) is 0 Å². The second kappa shape index (κ2) is 7.32. The lowest BCUT2D eigenvalue weighted by Crippen LogP contribution is -2.30. The fraction of sp³-hybridized carbons (Fsp3) is 0.429. The number of nitrogens with zero attached hydrogens (tertiary/aromatic N) is 2. The minimum absolute atomic E-state index is 0.0491. The first-order chi connectivity index (χ1) is 10.8. The van der Waals surface area contributed by atoms with Gasteiger partial charge in [-0.25, -0.2) is 4.79 Å². The monoisotopic (exact) mass is 332 g/mol. The van der Waals surface area contributed by atoms with Crippen molar-refractivity contribution < 1.29 is 32.5 Å². The van der Waals surface area contributed by atoms with E-state index in [1.54, 1.807) is 24.3 Å². The molecule has 0 saturated carbocycles. The molecular weight excluding hydrogens is 317 g/mol. The highest BCUT2D eigenvalue weighted by molar-refractivity contribution is 5.68. The molecule has 1 aliphatic heterocycles. The second-order valence-electron chi connectivity index (χ2n) is 4.90. The Kier molecular flexibility index (Phi) is 5.43. The van der Waals surface area contributed by atoms with Gasteiger partial charge in [-0.1, -0.05) is 30.3 Å². The SMILES string of the molecule is O=C(OCc1ccccc1)N1C[C@H](N=COC(F)(F)F)[C@@H](O)C1. The van der Waals surface area contributed by atoms with Crippen LogP contribution >= 0.6 is 0 Å². The van der Waals surface area contributed by atoms with Gasteiger partial charge in [-0.2, -0.15) is 0 Å². The Bertz CT molecular complexity index is 551. The number of aliphatic hydroxyl groups excluding tert-OH is 1. The zero-order valence-corrected chi connectivity index (χ0v) is 11.9. The van der Waals surface area contributed by atoms with E-state index in [1.165, 1.54) is 4.90 Å². The zero-order chi connectivity index (χ0) is 16.9. The van der Waals surface area contributed by atoms with Crippen molar-refractivity contribution in [3.05, 3.63) is 35.9 Å². The molecule has 0 unspecified atom stereocenters. The van der Waals surface area contributed by atoms with Crippen LogP contribution in [0.15, 0.2) is 35.3 Å². The molecule has 2 atom stereocenters. The third kappa shape index (κ3) is 5.44. The van der Waals surface area contributed by atoms with Crippen molar-refractivity contribution >= 4 is 12.5 Å². The fourth-order valence-corrected chi connectivity index (χ4v) is 2.04. The van der Waals surface area contributed by atoms with Gasteiger partial charge >= 0.3 is 12.5 Å². The summed E-state index contributed by atoms with van der Waals surface area (Å²) < 4.78 is 44.0. The first-order valence-corrected chi connectivity index (χ1v) is 6.75. The molecule has 0 aromatic heterocycles. The number of likely N-dealkylation sites (tertiary alicyclic amines) is 1. The number of hydrogen-bond acceptors (Lipinski definition) is 5. The molecule has 1 amide bonds. The van der Waals surface area contributed by atoms with Crippen LogP contribution in [0.2, 0.25) is 0 Å². The average Bonchev–Trinajstić information content (AvgIpc) is 2.86. The van der Waals surface area contributed by atoms with Crippen LogP contribution in [0.25, 0.3) is 0 Å². The molecule has 1 heterocycles. The summed E-state index contributed by atoms with van der Waals surface area (Å²) >= 11 is 0. The maximum atomic E-state index is 11.9. The summed E-state index contributed by atoms with van der Waals surface area (Å²) in [6.07, 6.45) is -6.34. The summed E-state index contributed by atoms with van der Waals surface area (Å²) in [5.74, 6) is 0. The van der Waals surface area contributed by atoms with E-state index >= 15 is 0 Å². The van der Waals surface area contributed by atoms with Gasteiger partial charge in [-0.3, -0.25) is 4.99 Å². The molecule has 1 fully saturated rings. The lowest BCUT2D eigenvalue weighted by Gasteiger charge is -2.15. The van der Waals surface area contributed by atoms with Crippen molar-refractivity contribution in [2.24, 2.45) is 4.99 Å². The van der Waals surface area contributed by atoms with Crippen LogP contribution in [0.1, 0.15) is 5.56 Å². The molecule has 1 aliphatic rings. The molecule has 1 aromatic rings. The number of carbonyl (C=O) groups is 1. The number of ether oxygens (including phenoxy) is 2. The van der Waals surface area contributed by atoms with Crippen LogP contribution < -0.4 is 0 Å². The van der Waals surface area contributed by atoms with Crippen LogP contribution in [0.5, 0.6) is 0 Å². The van der Waals surface area contributed by atoms with E-state index in [0.29, 0.717) is 0 Å². The Morgan fingerprint density at radius 3 is 2.70 bits per heavy atom. The highest BCUT2D eigenvalue weighted by atomic mass is 19.4. The van der Waals surface area contributed by atoms with Gasteiger partial charge in [0.15, 0.2) is 6.40 Å². The lowest BCUT2D eigenvalue weighted by molar-refractivity contribution is -0.280. The molecule has 1 saturated heterocycles. The number of hydrogen-bond donors (Lipinski definition) is 1. The number of aliphatic imine (C=N–C) groups is 1. The van der Waals surface area contributed by atoms with Crippen molar-refractivity contribution in [2.75, 3.05) is 13.1 Å². The molecule has 9 heteroatoms. The Labute approximate surface area is 130 Å². The van der Waals surface area contributed by atoms with Gasteiger partial charge in [0, 0.05) is 6.54 Å². The Hall–Kier alpha value is -2.29. The minimum Gasteiger partial charge on any atom is -0.445 e. The van der Waals surface area contributed by atoms with Gasteiger partial charge in [0.2, 0.25) is 0 Å². The van der Waals surface area contributed by atoms with Crippen molar-refractivity contribution in [2.45, 2.75) is 25.1 Å². The largest absolute Gasteiger partial charge is 0.573 e. The molecule has 1 aromatic carbocycles. The standard InChI is InChI=1S/C14H15F3N2O4/c15-14(16,17)23-9-18-11-6-19(7-12(11)20)13(21)22-8-10-4-2-1-3-5-10/h1-5,9,11-12,20H,6-8H2/t11-,12-/m0/s1. The first-order valence-electron chi connectivity index (χ1n) is 6.75. The van der Waals surface area contributed by atoms with Gasteiger partial charge in [0.25, 0.3) is 0 Å². The number of aliphatic hydroxyl groups is 1. The van der Waals surface area contributed by atoms with Gasteiger partial charge in [-0.15, -0.1) is 13.2 Å². The van der Waals surface area contributed by atoms with Crippen LogP contribution in [-0.2, 0) is 16.1 Å². The maximum Gasteiger partial charge on any atom is 0.573 e. The fourth-order valence-electron chi connectivity index (χ4n) is 2.04.